The van der Waals surface area contributed by atoms with Gasteiger partial charge in [-0.25, -0.2) is 0 Å². The second-order valence-electron chi connectivity index (χ2n) is 10.4. The number of rotatable bonds is 8. The van der Waals surface area contributed by atoms with Crippen LogP contribution in [-0.4, -0.2) is 63.4 Å². The molecule has 2 aliphatic heterocycles. The van der Waals surface area contributed by atoms with Crippen LogP contribution in [0.5, 0.6) is 11.5 Å². The molecule has 2 heterocycles. The summed E-state index contributed by atoms with van der Waals surface area (Å²) >= 11 is 0. The van der Waals surface area contributed by atoms with E-state index in [2.05, 4.69) is 32.9 Å². The Bertz CT molecular complexity index is 705. The van der Waals surface area contributed by atoms with E-state index in [0.29, 0.717) is 25.4 Å². The summed E-state index contributed by atoms with van der Waals surface area (Å²) in [4.78, 5) is 3.10. The van der Waals surface area contributed by atoms with Crippen molar-refractivity contribution in [3.8, 4) is 11.5 Å². The highest BCUT2D eigenvalue weighted by Crippen LogP contribution is 2.35. The molecule has 0 aromatic heterocycles. The van der Waals surface area contributed by atoms with E-state index in [0.717, 1.165) is 69.0 Å². The molecule has 1 aliphatic carbocycles. The van der Waals surface area contributed by atoms with Crippen molar-refractivity contribution >= 4 is 0 Å². The fourth-order valence-corrected chi connectivity index (χ4v) is 5.45. The Hall–Kier alpha value is -1.34. The van der Waals surface area contributed by atoms with Crippen LogP contribution in [0.15, 0.2) is 18.2 Å². The number of benzene rings is 1. The lowest BCUT2D eigenvalue weighted by Crippen LogP contribution is -3.28. The van der Waals surface area contributed by atoms with E-state index in [4.69, 9.17) is 14.2 Å². The lowest BCUT2D eigenvalue weighted by atomic mass is 9.76. The molecule has 0 unspecified atom stereocenters. The van der Waals surface area contributed by atoms with Gasteiger partial charge in [0.1, 0.15) is 45.4 Å². The number of fused-ring (bicyclic) bond motifs is 1. The molecule has 6 heteroatoms. The monoisotopic (exact) mass is 434 g/mol. The first kappa shape index (κ1) is 22.8. The number of nitrogens with one attached hydrogen (secondary N) is 2. The smallest absolute Gasteiger partial charge is 0.231 e. The molecule has 1 aromatic carbocycles. The number of ether oxygens (including phenoxy) is 3. The molecule has 0 radical (unpaired) electrons. The number of aliphatic hydroxyl groups is 1. The second kappa shape index (κ2) is 10.5. The average molecular weight is 435 g/mol. The number of hydrogen-bond donors (Lipinski definition) is 3. The Morgan fingerprint density at radius 2 is 1.81 bits per heavy atom. The highest BCUT2D eigenvalue weighted by Gasteiger charge is 2.31. The summed E-state index contributed by atoms with van der Waals surface area (Å²) in [5, 5.41) is 10.6. The van der Waals surface area contributed by atoms with Gasteiger partial charge in [-0.1, -0.05) is 20.8 Å². The summed E-state index contributed by atoms with van der Waals surface area (Å²) < 4.78 is 17.1. The minimum absolute atomic E-state index is 0.314. The highest BCUT2D eigenvalue weighted by atomic mass is 16.7. The molecule has 0 bridgehead atoms. The van der Waals surface area contributed by atoms with Crippen LogP contribution in [0.4, 0.5) is 0 Å². The minimum Gasteiger partial charge on any atom is -0.454 e. The molecule has 6 nitrogen and oxygen atoms in total. The number of piperazine rings is 1. The van der Waals surface area contributed by atoms with Crippen LogP contribution in [0.3, 0.4) is 0 Å². The van der Waals surface area contributed by atoms with Crippen molar-refractivity contribution in [2.45, 2.75) is 58.8 Å². The fourth-order valence-electron chi connectivity index (χ4n) is 5.45. The lowest BCUT2D eigenvalue weighted by Gasteiger charge is -2.36. The number of quaternary nitrogens is 2. The van der Waals surface area contributed by atoms with Gasteiger partial charge < -0.3 is 29.1 Å². The minimum atomic E-state index is -0.364. The standard InChI is InChI=1S/C25H40N2O4/c1-18(2)21-6-4-19(3)24(13-21)29-16-22(28)15-27-10-8-26(9-11-27)14-20-5-7-23-25(12-20)31-17-30-23/h5,7,12,18-19,21-22,24,28H,4,6,8-11,13-17H2,1-3H3/p+2/t19-,21+,22+,24-/m0/s1. The van der Waals surface area contributed by atoms with E-state index in [1.54, 1.807) is 4.90 Å². The van der Waals surface area contributed by atoms with E-state index >= 15 is 0 Å². The normalized spacial score (nSPS) is 31.7. The van der Waals surface area contributed by atoms with Gasteiger partial charge in [0.2, 0.25) is 6.79 Å². The predicted molar refractivity (Wildman–Crippen MR) is 120 cm³/mol. The van der Waals surface area contributed by atoms with Gasteiger partial charge in [0, 0.05) is 5.56 Å². The number of hydrogen-bond acceptors (Lipinski definition) is 4. The van der Waals surface area contributed by atoms with E-state index in [9.17, 15) is 5.11 Å². The van der Waals surface area contributed by atoms with Gasteiger partial charge in [0.05, 0.1) is 12.7 Å². The predicted octanol–water partition coefficient (Wildman–Crippen LogP) is 0.537. The Labute approximate surface area is 187 Å². The summed E-state index contributed by atoms with van der Waals surface area (Å²) in [6.45, 7) is 14.1. The quantitative estimate of drug-likeness (QED) is 0.559. The molecule has 1 saturated carbocycles. The fraction of sp³-hybridized carbons (Fsp3) is 0.760. The van der Waals surface area contributed by atoms with Crippen molar-refractivity contribution in [1.29, 1.82) is 0 Å². The van der Waals surface area contributed by atoms with Crippen LogP contribution in [0.2, 0.25) is 0 Å². The van der Waals surface area contributed by atoms with E-state index in [-0.39, 0.29) is 6.10 Å². The van der Waals surface area contributed by atoms with Crippen LogP contribution in [0.1, 0.15) is 45.6 Å². The molecule has 1 saturated heterocycles. The number of aliphatic hydroxyl groups excluding tert-OH is 1. The summed E-state index contributed by atoms with van der Waals surface area (Å²) in [7, 11) is 0. The zero-order valence-corrected chi connectivity index (χ0v) is 19.6. The van der Waals surface area contributed by atoms with Crippen LogP contribution < -0.4 is 19.3 Å². The lowest BCUT2D eigenvalue weighted by molar-refractivity contribution is -1.02. The largest absolute Gasteiger partial charge is 0.454 e. The summed E-state index contributed by atoms with van der Waals surface area (Å²) in [5.41, 5.74) is 1.30. The molecule has 4 rings (SSSR count). The Morgan fingerprint density at radius 3 is 2.58 bits per heavy atom. The molecule has 4 atom stereocenters. The van der Waals surface area contributed by atoms with Gasteiger partial charge in [-0.3, -0.25) is 0 Å². The van der Waals surface area contributed by atoms with Crippen LogP contribution in [-0.2, 0) is 11.3 Å². The Kier molecular flexibility index (Phi) is 7.75. The van der Waals surface area contributed by atoms with Crippen molar-refractivity contribution in [3.05, 3.63) is 23.8 Å². The zero-order valence-electron chi connectivity index (χ0n) is 19.6. The van der Waals surface area contributed by atoms with E-state index in [1.165, 1.54) is 23.3 Å². The van der Waals surface area contributed by atoms with Gasteiger partial charge in [0.15, 0.2) is 11.5 Å². The maximum atomic E-state index is 10.6. The maximum absolute atomic E-state index is 10.6. The van der Waals surface area contributed by atoms with Crippen molar-refractivity contribution in [3.63, 3.8) is 0 Å². The first-order valence-electron chi connectivity index (χ1n) is 12.3. The molecular weight excluding hydrogens is 392 g/mol. The summed E-state index contributed by atoms with van der Waals surface area (Å²) in [6.07, 6.45) is 3.68. The van der Waals surface area contributed by atoms with Gasteiger partial charge in [0.25, 0.3) is 0 Å². The molecule has 3 N–H and O–H groups in total. The average Bonchev–Trinajstić information content (AvgIpc) is 3.22. The van der Waals surface area contributed by atoms with Crippen molar-refractivity contribution in [2.24, 2.45) is 17.8 Å². The first-order chi connectivity index (χ1) is 15.0. The molecule has 3 aliphatic rings. The third kappa shape index (κ3) is 6.13. The third-order valence-corrected chi connectivity index (χ3v) is 7.69. The molecule has 174 valence electrons. The van der Waals surface area contributed by atoms with Crippen molar-refractivity contribution in [1.82, 2.24) is 0 Å². The van der Waals surface area contributed by atoms with Gasteiger partial charge in [-0.15, -0.1) is 0 Å². The molecule has 2 fully saturated rings. The molecule has 31 heavy (non-hydrogen) atoms. The SMILES string of the molecule is CC(C)[C@@H]1CC[C@H](C)[C@@H](OC[C@H](O)C[NH+]2CC[NH+](Cc3ccc4c(c3)OCO4)CC2)C1. The molecular formula is C25H42N2O4+2. The summed E-state index contributed by atoms with van der Waals surface area (Å²) in [5.74, 6) is 3.83. The molecule has 1 aromatic rings. The summed E-state index contributed by atoms with van der Waals surface area (Å²) in [6, 6.07) is 6.29. The van der Waals surface area contributed by atoms with Crippen LogP contribution in [0.25, 0.3) is 0 Å². The first-order valence-corrected chi connectivity index (χ1v) is 12.3. The van der Waals surface area contributed by atoms with Crippen molar-refractivity contribution < 1.29 is 29.1 Å². The molecule has 0 amide bonds. The highest BCUT2D eigenvalue weighted by molar-refractivity contribution is 5.44. The topological polar surface area (TPSA) is 56.8 Å². The third-order valence-electron chi connectivity index (χ3n) is 7.69. The van der Waals surface area contributed by atoms with Crippen LogP contribution >= 0.6 is 0 Å². The Balaban J connectivity index is 1.16. The Morgan fingerprint density at radius 1 is 1.06 bits per heavy atom. The van der Waals surface area contributed by atoms with E-state index in [1.807, 2.05) is 6.07 Å². The maximum Gasteiger partial charge on any atom is 0.231 e. The van der Waals surface area contributed by atoms with Crippen LogP contribution in [0, 0.1) is 17.8 Å². The van der Waals surface area contributed by atoms with Gasteiger partial charge in [-0.2, -0.15) is 0 Å². The second-order valence-corrected chi connectivity index (χ2v) is 10.4. The van der Waals surface area contributed by atoms with Gasteiger partial charge >= 0.3 is 0 Å². The van der Waals surface area contributed by atoms with Gasteiger partial charge in [-0.05, 0) is 55.2 Å². The zero-order chi connectivity index (χ0) is 21.8. The molecule has 0 spiro atoms. The van der Waals surface area contributed by atoms with E-state index < -0.39 is 0 Å². The van der Waals surface area contributed by atoms with Crippen molar-refractivity contribution in [2.75, 3.05) is 46.1 Å².